The third-order valence-electron chi connectivity index (χ3n) is 2.61. The van der Waals surface area contributed by atoms with Gasteiger partial charge < -0.3 is 10.2 Å². The van der Waals surface area contributed by atoms with Gasteiger partial charge in [0.25, 0.3) is 0 Å². The number of aromatic hydroxyl groups is 2. The lowest BCUT2D eigenvalue weighted by Gasteiger charge is -2.08. The predicted molar refractivity (Wildman–Crippen MR) is 66.4 cm³/mol. The van der Waals surface area contributed by atoms with Crippen molar-refractivity contribution in [3.8, 4) is 11.5 Å². The number of benzene rings is 2. The number of hydrogen-bond acceptors (Lipinski definition) is 4. The summed E-state index contributed by atoms with van der Waals surface area (Å²) in [5, 5.41) is 18.5. The zero-order valence-corrected chi connectivity index (χ0v) is 10.5. The van der Waals surface area contributed by atoms with Crippen molar-refractivity contribution < 1.29 is 18.6 Å². The van der Waals surface area contributed by atoms with Gasteiger partial charge >= 0.3 is 0 Å². The van der Waals surface area contributed by atoms with Gasteiger partial charge in [0.1, 0.15) is 11.5 Å². The molecule has 2 aromatic carbocycles. The molecule has 0 amide bonds. The fourth-order valence-corrected chi connectivity index (χ4v) is 3.15. The van der Waals surface area contributed by atoms with E-state index in [4.69, 9.17) is 5.11 Å². The van der Waals surface area contributed by atoms with Crippen molar-refractivity contribution in [2.75, 3.05) is 0 Å². The molecule has 0 aromatic heterocycles. The Bertz CT molecular complexity index is 673. The van der Waals surface area contributed by atoms with Crippen molar-refractivity contribution >= 4 is 9.84 Å². The number of rotatable bonds is 2. The highest BCUT2D eigenvalue weighted by Gasteiger charge is 2.20. The Hall–Kier alpha value is -2.01. The standard InChI is InChI=1S/C13H12O4S/c1-9-2-3-11(15)8-13(9)18(16,17)12-6-4-10(14)5-7-12/h2-8,14-15H,1H3. The molecule has 4 nitrogen and oxygen atoms in total. The largest absolute Gasteiger partial charge is 0.508 e. The van der Waals surface area contributed by atoms with Crippen LogP contribution in [0.1, 0.15) is 5.56 Å². The summed E-state index contributed by atoms with van der Waals surface area (Å²) in [7, 11) is -3.68. The van der Waals surface area contributed by atoms with Gasteiger partial charge in [-0.3, -0.25) is 0 Å². The van der Waals surface area contributed by atoms with Crippen LogP contribution in [0.15, 0.2) is 52.3 Å². The zero-order chi connectivity index (χ0) is 13.3. The molecule has 2 aromatic rings. The molecular formula is C13H12O4S. The maximum absolute atomic E-state index is 12.3. The van der Waals surface area contributed by atoms with Crippen molar-refractivity contribution in [1.82, 2.24) is 0 Å². The number of phenols is 2. The van der Waals surface area contributed by atoms with Gasteiger partial charge in [-0.2, -0.15) is 0 Å². The second-order valence-corrected chi connectivity index (χ2v) is 5.87. The van der Waals surface area contributed by atoms with Gasteiger partial charge in [-0.05, 0) is 48.9 Å². The Morgan fingerprint density at radius 3 is 2.06 bits per heavy atom. The van der Waals surface area contributed by atoms with E-state index >= 15 is 0 Å². The van der Waals surface area contributed by atoms with Crippen LogP contribution >= 0.6 is 0 Å². The van der Waals surface area contributed by atoms with E-state index < -0.39 is 9.84 Å². The minimum Gasteiger partial charge on any atom is -0.508 e. The summed E-state index contributed by atoms with van der Waals surface area (Å²) >= 11 is 0. The zero-order valence-electron chi connectivity index (χ0n) is 9.66. The lowest BCUT2D eigenvalue weighted by Crippen LogP contribution is -2.03. The molecule has 0 atom stereocenters. The van der Waals surface area contributed by atoms with E-state index in [-0.39, 0.29) is 21.3 Å². The first kappa shape index (κ1) is 12.4. The van der Waals surface area contributed by atoms with Crippen molar-refractivity contribution in [1.29, 1.82) is 0 Å². The van der Waals surface area contributed by atoms with Gasteiger partial charge in [-0.1, -0.05) is 6.07 Å². The lowest BCUT2D eigenvalue weighted by atomic mass is 10.2. The van der Waals surface area contributed by atoms with Crippen LogP contribution in [0, 0.1) is 6.92 Å². The van der Waals surface area contributed by atoms with Gasteiger partial charge in [-0.15, -0.1) is 0 Å². The first-order chi connectivity index (χ1) is 8.41. The molecule has 5 heteroatoms. The van der Waals surface area contributed by atoms with E-state index in [1.54, 1.807) is 13.0 Å². The molecule has 94 valence electrons. The smallest absolute Gasteiger partial charge is 0.206 e. The minimum atomic E-state index is -3.68. The Balaban J connectivity index is 2.61. The minimum absolute atomic E-state index is 0.00146. The molecular weight excluding hydrogens is 252 g/mol. The third kappa shape index (κ3) is 2.17. The van der Waals surface area contributed by atoms with E-state index in [1.165, 1.54) is 36.4 Å². The van der Waals surface area contributed by atoms with Crippen LogP contribution in [-0.2, 0) is 9.84 Å². The molecule has 0 fully saturated rings. The topological polar surface area (TPSA) is 74.6 Å². The Morgan fingerprint density at radius 2 is 1.44 bits per heavy atom. The highest BCUT2D eigenvalue weighted by atomic mass is 32.2. The van der Waals surface area contributed by atoms with Crippen LogP contribution in [0.3, 0.4) is 0 Å². The summed E-state index contributed by atoms with van der Waals surface area (Å²) in [4.78, 5) is 0.141. The van der Waals surface area contributed by atoms with Gasteiger partial charge in [0.2, 0.25) is 9.84 Å². The average Bonchev–Trinajstić information content (AvgIpc) is 2.32. The number of sulfone groups is 1. The molecule has 0 saturated heterocycles. The molecule has 2 rings (SSSR count). The SMILES string of the molecule is Cc1ccc(O)cc1S(=O)(=O)c1ccc(O)cc1. The quantitative estimate of drug-likeness (QED) is 0.872. The summed E-state index contributed by atoms with van der Waals surface area (Å²) in [5.74, 6) is -0.0977. The fourth-order valence-electron chi connectivity index (χ4n) is 1.63. The molecule has 0 aliphatic rings. The number of phenolic OH excluding ortho intramolecular Hbond substituents is 2. The molecule has 2 N–H and O–H groups in total. The second-order valence-electron chi connectivity index (χ2n) is 3.95. The number of aryl methyl sites for hydroxylation is 1. The third-order valence-corrected chi connectivity index (χ3v) is 4.52. The van der Waals surface area contributed by atoms with Crippen LogP contribution in [0.5, 0.6) is 11.5 Å². The van der Waals surface area contributed by atoms with Crippen LogP contribution in [0.2, 0.25) is 0 Å². The normalized spacial score (nSPS) is 11.4. The van der Waals surface area contributed by atoms with E-state index in [0.29, 0.717) is 5.56 Å². The monoisotopic (exact) mass is 264 g/mol. The van der Waals surface area contributed by atoms with Crippen LogP contribution in [-0.4, -0.2) is 18.6 Å². The molecule has 0 aliphatic heterocycles. The van der Waals surface area contributed by atoms with Gasteiger partial charge in [0.05, 0.1) is 9.79 Å². The van der Waals surface area contributed by atoms with Crippen LogP contribution in [0.4, 0.5) is 0 Å². The first-order valence-corrected chi connectivity index (χ1v) is 6.73. The van der Waals surface area contributed by atoms with E-state index in [2.05, 4.69) is 0 Å². The molecule has 0 unspecified atom stereocenters. The van der Waals surface area contributed by atoms with Crippen molar-refractivity contribution in [2.45, 2.75) is 16.7 Å². The molecule has 0 spiro atoms. The molecule has 0 saturated carbocycles. The Kier molecular flexibility index (Phi) is 3.00. The maximum atomic E-state index is 12.3. The van der Waals surface area contributed by atoms with E-state index in [9.17, 15) is 13.5 Å². The molecule has 0 radical (unpaired) electrons. The van der Waals surface area contributed by atoms with E-state index in [1.807, 2.05) is 0 Å². The van der Waals surface area contributed by atoms with Crippen LogP contribution in [0.25, 0.3) is 0 Å². The Morgan fingerprint density at radius 1 is 0.889 bits per heavy atom. The second kappa shape index (κ2) is 4.34. The predicted octanol–water partition coefficient (Wildman–Crippen LogP) is 2.24. The summed E-state index contributed by atoms with van der Waals surface area (Å²) in [5.41, 5.74) is 0.556. The summed E-state index contributed by atoms with van der Waals surface area (Å²) < 4.78 is 24.7. The summed E-state index contributed by atoms with van der Waals surface area (Å²) in [6.07, 6.45) is 0. The van der Waals surface area contributed by atoms with Crippen molar-refractivity contribution in [3.63, 3.8) is 0 Å². The summed E-state index contributed by atoms with van der Waals surface area (Å²) in [6.45, 7) is 1.66. The number of hydrogen-bond donors (Lipinski definition) is 2. The maximum Gasteiger partial charge on any atom is 0.206 e. The van der Waals surface area contributed by atoms with Crippen molar-refractivity contribution in [3.05, 3.63) is 48.0 Å². The van der Waals surface area contributed by atoms with Crippen molar-refractivity contribution in [2.24, 2.45) is 0 Å². The van der Waals surface area contributed by atoms with E-state index in [0.717, 1.165) is 0 Å². The lowest BCUT2D eigenvalue weighted by molar-refractivity contribution is 0.472. The summed E-state index contributed by atoms with van der Waals surface area (Å²) in [6, 6.07) is 9.48. The highest BCUT2D eigenvalue weighted by molar-refractivity contribution is 7.91. The van der Waals surface area contributed by atoms with Gasteiger partial charge in [0.15, 0.2) is 0 Å². The average molecular weight is 264 g/mol. The molecule has 0 bridgehead atoms. The molecule has 0 heterocycles. The molecule has 0 aliphatic carbocycles. The molecule has 18 heavy (non-hydrogen) atoms. The van der Waals surface area contributed by atoms with Gasteiger partial charge in [-0.25, -0.2) is 8.42 Å². The Labute approximate surface area is 105 Å². The van der Waals surface area contributed by atoms with Crippen LogP contribution < -0.4 is 0 Å². The highest BCUT2D eigenvalue weighted by Crippen LogP contribution is 2.27. The van der Waals surface area contributed by atoms with Gasteiger partial charge in [0, 0.05) is 0 Å². The fraction of sp³-hybridized carbons (Fsp3) is 0.0769. The first-order valence-electron chi connectivity index (χ1n) is 5.25.